The number of Topliss-reactive ketones (excluding diaryl/α,β-unsaturated/α-hetero) is 1. The summed E-state index contributed by atoms with van der Waals surface area (Å²) >= 11 is 0. The van der Waals surface area contributed by atoms with E-state index >= 15 is 0 Å². The number of ketones is 1. The largest absolute Gasteiger partial charge is 0.480 e. The quantitative estimate of drug-likeness (QED) is 0.527. The van der Waals surface area contributed by atoms with E-state index < -0.39 is 36.7 Å². The third-order valence-electron chi connectivity index (χ3n) is 2.99. The van der Waals surface area contributed by atoms with E-state index in [0.717, 1.165) is 4.90 Å². The highest BCUT2D eigenvalue weighted by atomic mass is 16.6. The number of rotatable bonds is 7. The summed E-state index contributed by atoms with van der Waals surface area (Å²) in [6.07, 6.45) is -0.931. The molecule has 0 saturated heterocycles. The normalized spacial score (nSPS) is 10.7. The lowest BCUT2D eigenvalue weighted by atomic mass is 9.94. The Bertz CT molecular complexity index is 681. The summed E-state index contributed by atoms with van der Waals surface area (Å²) in [6.45, 7) is 3.32. The van der Waals surface area contributed by atoms with Crippen LogP contribution in [0.5, 0.6) is 0 Å². The van der Waals surface area contributed by atoms with Crippen molar-refractivity contribution in [2.75, 3.05) is 19.6 Å². The Labute approximate surface area is 152 Å². The predicted octanol–water partition coefficient (Wildman–Crippen LogP) is 0.101. The first-order chi connectivity index (χ1) is 12.0. The molecule has 0 atom stereocenters. The van der Waals surface area contributed by atoms with Crippen LogP contribution in [-0.4, -0.2) is 66.8 Å². The van der Waals surface area contributed by atoms with Gasteiger partial charge in [0, 0.05) is 5.56 Å². The SMILES string of the molecule is [B]c1ccc(C(=O)CNC(=O)CN(CC(=O)O)C(=O)OC(C)(C)C)cc1. The molecule has 0 spiro atoms. The van der Waals surface area contributed by atoms with Gasteiger partial charge in [0.15, 0.2) is 5.78 Å². The highest BCUT2D eigenvalue weighted by molar-refractivity contribution is 6.32. The van der Waals surface area contributed by atoms with E-state index in [-0.39, 0.29) is 12.3 Å². The fraction of sp³-hybridized carbons (Fsp3) is 0.412. The lowest BCUT2D eigenvalue weighted by molar-refractivity contribution is -0.138. The Morgan fingerprint density at radius 1 is 1.12 bits per heavy atom. The van der Waals surface area contributed by atoms with Gasteiger partial charge in [-0.3, -0.25) is 19.3 Å². The zero-order valence-electron chi connectivity index (χ0n) is 14.9. The molecule has 1 aromatic carbocycles. The predicted molar refractivity (Wildman–Crippen MR) is 94.6 cm³/mol. The molecule has 0 heterocycles. The minimum atomic E-state index is -1.29. The number of carbonyl (C=O) groups excluding carboxylic acids is 3. The summed E-state index contributed by atoms with van der Waals surface area (Å²) in [7, 11) is 5.54. The van der Waals surface area contributed by atoms with Crippen LogP contribution in [0.1, 0.15) is 31.1 Å². The van der Waals surface area contributed by atoms with Gasteiger partial charge in [0.1, 0.15) is 26.5 Å². The fourth-order valence-electron chi connectivity index (χ4n) is 1.85. The molecule has 0 aliphatic heterocycles. The number of amides is 2. The maximum absolute atomic E-state index is 12.0. The standard InChI is InChI=1S/C17H21BN2O6/c1-17(2,3)26-16(25)20(10-15(23)24)9-14(22)19-8-13(21)11-4-6-12(18)7-5-11/h4-7H,8-10H2,1-3H3,(H,19,22)(H,23,24). The minimum Gasteiger partial charge on any atom is -0.480 e. The lowest BCUT2D eigenvalue weighted by Gasteiger charge is -2.25. The second-order valence-corrected chi connectivity index (χ2v) is 6.55. The van der Waals surface area contributed by atoms with Crippen molar-refractivity contribution >= 4 is 37.1 Å². The first-order valence-corrected chi connectivity index (χ1v) is 7.83. The van der Waals surface area contributed by atoms with Crippen molar-refractivity contribution in [2.24, 2.45) is 0 Å². The molecule has 8 nitrogen and oxygen atoms in total. The molecule has 0 unspecified atom stereocenters. The smallest absolute Gasteiger partial charge is 0.411 e. The van der Waals surface area contributed by atoms with Gasteiger partial charge >= 0.3 is 12.1 Å². The number of nitrogens with zero attached hydrogens (tertiary/aromatic N) is 1. The first kappa shape index (κ1) is 21.2. The number of carboxylic acids is 1. The van der Waals surface area contributed by atoms with Crippen molar-refractivity contribution < 1.29 is 29.0 Å². The minimum absolute atomic E-state index is 0.294. The highest BCUT2D eigenvalue weighted by Gasteiger charge is 2.25. The Balaban J connectivity index is 2.62. The van der Waals surface area contributed by atoms with Crippen LogP contribution >= 0.6 is 0 Å². The first-order valence-electron chi connectivity index (χ1n) is 7.83. The summed E-state index contributed by atoms with van der Waals surface area (Å²) in [6, 6.07) is 6.18. The number of benzene rings is 1. The summed E-state index contributed by atoms with van der Waals surface area (Å²) < 4.78 is 5.07. The molecule has 1 aromatic rings. The van der Waals surface area contributed by atoms with E-state index in [0.29, 0.717) is 11.0 Å². The Morgan fingerprint density at radius 3 is 2.19 bits per heavy atom. The van der Waals surface area contributed by atoms with E-state index in [1.54, 1.807) is 32.9 Å². The fourth-order valence-corrected chi connectivity index (χ4v) is 1.85. The molecule has 2 radical (unpaired) electrons. The van der Waals surface area contributed by atoms with Crippen LogP contribution in [0.4, 0.5) is 4.79 Å². The van der Waals surface area contributed by atoms with Crippen LogP contribution in [0.25, 0.3) is 0 Å². The van der Waals surface area contributed by atoms with Crippen molar-refractivity contribution in [3.05, 3.63) is 29.8 Å². The number of hydrogen-bond acceptors (Lipinski definition) is 5. The maximum atomic E-state index is 12.0. The lowest BCUT2D eigenvalue weighted by Crippen LogP contribution is -2.46. The summed E-state index contributed by atoms with van der Waals surface area (Å²) in [5.74, 6) is -2.32. The van der Waals surface area contributed by atoms with Gasteiger partial charge in [-0.05, 0) is 20.8 Å². The number of ether oxygens (including phenoxy) is 1. The molecular formula is C17H21BN2O6. The third kappa shape index (κ3) is 7.82. The topological polar surface area (TPSA) is 113 Å². The van der Waals surface area contributed by atoms with E-state index in [1.807, 2.05) is 0 Å². The molecule has 0 saturated carbocycles. The van der Waals surface area contributed by atoms with Crippen molar-refractivity contribution in [3.8, 4) is 0 Å². The van der Waals surface area contributed by atoms with Crippen LogP contribution in [-0.2, 0) is 14.3 Å². The Kier molecular flexibility index (Phi) is 7.36. The van der Waals surface area contributed by atoms with E-state index in [1.165, 1.54) is 12.1 Å². The van der Waals surface area contributed by atoms with Crippen molar-refractivity contribution in [2.45, 2.75) is 26.4 Å². The average Bonchev–Trinajstić information content (AvgIpc) is 2.50. The summed E-state index contributed by atoms with van der Waals surface area (Å²) in [4.78, 5) is 47.6. The van der Waals surface area contributed by atoms with Crippen LogP contribution in [0.2, 0.25) is 0 Å². The van der Waals surface area contributed by atoms with Crippen LogP contribution in [0.3, 0.4) is 0 Å². The molecule has 2 amide bonds. The van der Waals surface area contributed by atoms with Gasteiger partial charge in [0.05, 0.1) is 6.54 Å². The van der Waals surface area contributed by atoms with Crippen LogP contribution in [0, 0.1) is 0 Å². The molecule has 0 fully saturated rings. The number of carbonyl (C=O) groups is 4. The number of hydrogen-bond donors (Lipinski definition) is 2. The molecule has 0 aromatic heterocycles. The zero-order chi connectivity index (χ0) is 19.9. The highest BCUT2D eigenvalue weighted by Crippen LogP contribution is 2.09. The molecule has 26 heavy (non-hydrogen) atoms. The molecule has 1 rings (SSSR count). The number of nitrogens with one attached hydrogen (secondary N) is 1. The summed E-state index contributed by atoms with van der Waals surface area (Å²) in [5, 5.41) is 11.2. The van der Waals surface area contributed by atoms with Gasteiger partial charge < -0.3 is 15.2 Å². The van der Waals surface area contributed by atoms with Crippen molar-refractivity contribution in [3.63, 3.8) is 0 Å². The Morgan fingerprint density at radius 2 is 1.69 bits per heavy atom. The monoisotopic (exact) mass is 360 g/mol. The van der Waals surface area contributed by atoms with E-state index in [4.69, 9.17) is 17.7 Å². The van der Waals surface area contributed by atoms with Gasteiger partial charge in [0.2, 0.25) is 5.91 Å². The van der Waals surface area contributed by atoms with E-state index in [2.05, 4.69) is 5.32 Å². The molecular weight excluding hydrogens is 339 g/mol. The van der Waals surface area contributed by atoms with E-state index in [9.17, 15) is 19.2 Å². The van der Waals surface area contributed by atoms with Gasteiger partial charge in [-0.25, -0.2) is 4.79 Å². The van der Waals surface area contributed by atoms with Gasteiger partial charge in [-0.1, -0.05) is 29.7 Å². The Hall–Kier alpha value is -2.84. The maximum Gasteiger partial charge on any atom is 0.411 e. The molecule has 138 valence electrons. The number of carboxylic acid groups (broad SMARTS) is 1. The third-order valence-corrected chi connectivity index (χ3v) is 2.99. The molecule has 0 aliphatic carbocycles. The number of aliphatic carboxylic acids is 1. The van der Waals surface area contributed by atoms with Gasteiger partial charge in [-0.2, -0.15) is 0 Å². The van der Waals surface area contributed by atoms with Gasteiger partial charge in [0.25, 0.3) is 0 Å². The average molecular weight is 360 g/mol. The molecule has 0 bridgehead atoms. The second-order valence-electron chi connectivity index (χ2n) is 6.55. The molecule has 9 heteroatoms. The second kappa shape index (κ2) is 9.03. The molecule has 0 aliphatic rings. The van der Waals surface area contributed by atoms with Crippen molar-refractivity contribution in [1.29, 1.82) is 0 Å². The summed E-state index contributed by atoms with van der Waals surface area (Å²) in [5.41, 5.74) is 0.0383. The van der Waals surface area contributed by atoms with Crippen LogP contribution < -0.4 is 10.8 Å². The van der Waals surface area contributed by atoms with Crippen LogP contribution in [0.15, 0.2) is 24.3 Å². The molecule has 2 N–H and O–H groups in total. The van der Waals surface area contributed by atoms with Crippen molar-refractivity contribution in [1.82, 2.24) is 10.2 Å². The van der Waals surface area contributed by atoms with Gasteiger partial charge in [-0.15, -0.1) is 0 Å². The zero-order valence-corrected chi connectivity index (χ0v) is 14.9.